The van der Waals surface area contributed by atoms with Crippen molar-refractivity contribution in [2.75, 3.05) is 12.4 Å². The van der Waals surface area contributed by atoms with Crippen LogP contribution in [0, 0.1) is 0 Å². The van der Waals surface area contributed by atoms with Crippen molar-refractivity contribution in [3.05, 3.63) is 35.9 Å². The zero-order valence-electron chi connectivity index (χ0n) is 17.6. The van der Waals surface area contributed by atoms with Crippen LogP contribution in [0.2, 0.25) is 0 Å². The third-order valence-electron chi connectivity index (χ3n) is 4.53. The molecule has 1 aromatic carbocycles. The van der Waals surface area contributed by atoms with Crippen LogP contribution in [0.1, 0.15) is 18.4 Å². The van der Waals surface area contributed by atoms with Gasteiger partial charge in [-0.15, -0.1) is 0 Å². The number of carbonyl (C=O) groups excluding carboxylic acids is 3. The van der Waals surface area contributed by atoms with Gasteiger partial charge in [-0.2, -0.15) is 12.6 Å². The van der Waals surface area contributed by atoms with Crippen LogP contribution in [0.3, 0.4) is 0 Å². The van der Waals surface area contributed by atoms with E-state index >= 15 is 0 Å². The van der Waals surface area contributed by atoms with Crippen molar-refractivity contribution < 1.29 is 39.3 Å². The molecule has 182 valence electrons. The van der Waals surface area contributed by atoms with Crippen molar-refractivity contribution >= 4 is 42.3 Å². The summed E-state index contributed by atoms with van der Waals surface area (Å²) < 4.78 is 0. The number of nitrogens with two attached hydrogens (primary N) is 1. The molecular formula is C20H28N4O8S. The molecule has 0 saturated carbocycles. The summed E-state index contributed by atoms with van der Waals surface area (Å²) in [6.45, 7) is -0.908. The number of carboxylic acid groups (broad SMARTS) is 2. The minimum absolute atomic E-state index is 0.0207. The number of aliphatic carboxylic acids is 2. The van der Waals surface area contributed by atoms with Crippen LogP contribution >= 0.6 is 12.6 Å². The van der Waals surface area contributed by atoms with Gasteiger partial charge in [0, 0.05) is 18.6 Å². The van der Waals surface area contributed by atoms with Gasteiger partial charge in [-0.25, -0.2) is 4.79 Å². The molecule has 1 rings (SSSR count). The fraction of sp³-hybridized carbons (Fsp3) is 0.450. The van der Waals surface area contributed by atoms with Crippen LogP contribution in [0.5, 0.6) is 0 Å². The molecule has 0 aliphatic carbocycles. The Morgan fingerprint density at radius 1 is 0.879 bits per heavy atom. The number of aliphatic hydroxyl groups is 1. The first-order valence-electron chi connectivity index (χ1n) is 9.96. The highest BCUT2D eigenvalue weighted by molar-refractivity contribution is 7.80. The van der Waals surface area contributed by atoms with Crippen LogP contribution in [-0.4, -0.2) is 81.5 Å². The summed E-state index contributed by atoms with van der Waals surface area (Å²) in [5.41, 5.74) is 6.35. The van der Waals surface area contributed by atoms with E-state index in [1.807, 2.05) is 5.32 Å². The molecule has 0 aromatic heterocycles. The minimum atomic E-state index is -1.64. The number of benzene rings is 1. The van der Waals surface area contributed by atoms with Gasteiger partial charge in [-0.1, -0.05) is 30.3 Å². The number of carboxylic acids is 2. The second kappa shape index (κ2) is 14.1. The molecule has 12 nitrogen and oxygen atoms in total. The quantitative estimate of drug-likeness (QED) is 0.136. The Labute approximate surface area is 195 Å². The first kappa shape index (κ1) is 27.9. The third kappa shape index (κ3) is 9.89. The average molecular weight is 485 g/mol. The number of aliphatic hydroxyl groups excluding tert-OH is 1. The van der Waals surface area contributed by atoms with E-state index in [9.17, 15) is 24.0 Å². The number of thiol groups is 1. The number of nitrogens with one attached hydrogen (secondary N) is 3. The highest BCUT2D eigenvalue weighted by atomic mass is 32.1. The SMILES string of the molecule is NC(CS)C(=O)NC(Cc1ccccc1)C(=O)NC(CCC(=O)O)C(=O)NC(CO)C(=O)O. The predicted molar refractivity (Wildman–Crippen MR) is 119 cm³/mol. The Morgan fingerprint density at radius 3 is 1.94 bits per heavy atom. The maximum Gasteiger partial charge on any atom is 0.328 e. The number of carbonyl (C=O) groups is 5. The molecule has 0 heterocycles. The van der Waals surface area contributed by atoms with Crippen molar-refractivity contribution in [1.82, 2.24) is 16.0 Å². The van der Waals surface area contributed by atoms with E-state index in [2.05, 4.69) is 23.3 Å². The van der Waals surface area contributed by atoms with Gasteiger partial charge in [-0.3, -0.25) is 19.2 Å². The zero-order valence-corrected chi connectivity index (χ0v) is 18.5. The molecule has 4 atom stereocenters. The Bertz CT molecular complexity index is 839. The highest BCUT2D eigenvalue weighted by Crippen LogP contribution is 2.06. The minimum Gasteiger partial charge on any atom is -0.481 e. The number of amides is 3. The van der Waals surface area contributed by atoms with E-state index in [0.717, 1.165) is 0 Å². The topological polar surface area (TPSA) is 208 Å². The van der Waals surface area contributed by atoms with Crippen molar-refractivity contribution in [1.29, 1.82) is 0 Å². The fourth-order valence-corrected chi connectivity index (χ4v) is 2.85. The summed E-state index contributed by atoms with van der Waals surface area (Å²) >= 11 is 3.95. The van der Waals surface area contributed by atoms with Crippen LogP contribution in [0.25, 0.3) is 0 Å². The lowest BCUT2D eigenvalue weighted by Crippen LogP contribution is -2.58. The summed E-state index contributed by atoms with van der Waals surface area (Å²) in [7, 11) is 0. The van der Waals surface area contributed by atoms with Crippen LogP contribution in [0.15, 0.2) is 30.3 Å². The van der Waals surface area contributed by atoms with Crippen molar-refractivity contribution in [3.63, 3.8) is 0 Å². The fourth-order valence-electron chi connectivity index (χ4n) is 2.69. The van der Waals surface area contributed by atoms with Crippen molar-refractivity contribution in [3.8, 4) is 0 Å². The number of rotatable bonds is 14. The lowest BCUT2D eigenvalue weighted by molar-refractivity contribution is -0.144. The predicted octanol–water partition coefficient (Wildman–Crippen LogP) is -2.12. The van der Waals surface area contributed by atoms with E-state index in [1.54, 1.807) is 30.3 Å². The van der Waals surface area contributed by atoms with E-state index in [-0.39, 0.29) is 18.6 Å². The summed E-state index contributed by atoms with van der Waals surface area (Å²) in [5.74, 6) is -5.19. The first-order valence-corrected chi connectivity index (χ1v) is 10.6. The van der Waals surface area contributed by atoms with Gasteiger partial charge in [0.1, 0.15) is 18.1 Å². The molecule has 0 aliphatic rings. The second-order valence-electron chi connectivity index (χ2n) is 7.12. The van der Waals surface area contributed by atoms with Crippen LogP contribution in [0.4, 0.5) is 0 Å². The largest absolute Gasteiger partial charge is 0.481 e. The van der Waals surface area contributed by atoms with Gasteiger partial charge in [-0.05, 0) is 12.0 Å². The summed E-state index contributed by atoms with van der Waals surface area (Å²) in [6, 6.07) is 3.43. The first-order chi connectivity index (χ1) is 15.6. The van der Waals surface area contributed by atoms with Crippen molar-refractivity contribution in [2.24, 2.45) is 5.73 Å². The van der Waals surface area contributed by atoms with Gasteiger partial charge >= 0.3 is 11.9 Å². The molecule has 0 aliphatic heterocycles. The molecule has 0 bridgehead atoms. The van der Waals surface area contributed by atoms with Gasteiger partial charge in [0.2, 0.25) is 17.7 Å². The number of hydrogen-bond donors (Lipinski definition) is 8. The molecule has 0 saturated heterocycles. The Morgan fingerprint density at radius 2 is 1.42 bits per heavy atom. The second-order valence-corrected chi connectivity index (χ2v) is 7.48. The summed E-state index contributed by atoms with van der Waals surface area (Å²) in [4.78, 5) is 59.8. The van der Waals surface area contributed by atoms with E-state index in [0.29, 0.717) is 5.56 Å². The molecular weight excluding hydrogens is 456 g/mol. The maximum absolute atomic E-state index is 13.0. The van der Waals surface area contributed by atoms with Gasteiger partial charge in [0.25, 0.3) is 0 Å². The lowest BCUT2D eigenvalue weighted by Gasteiger charge is -2.24. The van der Waals surface area contributed by atoms with Gasteiger partial charge < -0.3 is 37.0 Å². The Kier molecular flexibility index (Phi) is 11.9. The third-order valence-corrected chi connectivity index (χ3v) is 4.92. The summed E-state index contributed by atoms with van der Waals surface area (Å²) in [6.07, 6.45) is -0.818. The molecule has 0 radical (unpaired) electrons. The monoisotopic (exact) mass is 484 g/mol. The van der Waals surface area contributed by atoms with E-state index in [1.165, 1.54) is 0 Å². The van der Waals surface area contributed by atoms with Gasteiger partial charge in [0.15, 0.2) is 0 Å². The maximum atomic E-state index is 13.0. The zero-order chi connectivity index (χ0) is 25.0. The molecule has 33 heavy (non-hydrogen) atoms. The Hall–Kier alpha value is -3.16. The highest BCUT2D eigenvalue weighted by Gasteiger charge is 2.30. The molecule has 0 fully saturated rings. The molecule has 13 heteroatoms. The van der Waals surface area contributed by atoms with Crippen LogP contribution in [-0.2, 0) is 30.4 Å². The molecule has 3 amide bonds. The average Bonchev–Trinajstić information content (AvgIpc) is 2.78. The van der Waals surface area contributed by atoms with E-state index < -0.39 is 66.9 Å². The molecule has 8 N–H and O–H groups in total. The smallest absolute Gasteiger partial charge is 0.328 e. The van der Waals surface area contributed by atoms with E-state index in [4.69, 9.17) is 21.1 Å². The number of hydrogen-bond acceptors (Lipinski definition) is 8. The lowest BCUT2D eigenvalue weighted by atomic mass is 10.0. The van der Waals surface area contributed by atoms with Gasteiger partial charge in [0.05, 0.1) is 12.6 Å². The normalized spacial score (nSPS) is 14.3. The summed E-state index contributed by atoms with van der Waals surface area (Å²) in [5, 5.41) is 34.0. The molecule has 4 unspecified atom stereocenters. The Balaban J connectivity index is 3.07. The van der Waals surface area contributed by atoms with Crippen LogP contribution < -0.4 is 21.7 Å². The molecule has 0 spiro atoms. The molecule has 1 aromatic rings. The van der Waals surface area contributed by atoms with Crippen molar-refractivity contribution in [2.45, 2.75) is 43.4 Å². The standard InChI is InChI=1S/C20H28N4O8S/c21-12(10-33)17(28)23-14(8-11-4-2-1-3-5-11)19(30)22-13(6-7-16(26)27)18(29)24-15(9-25)20(31)32/h1-5,12-15,25,33H,6-10,21H2,(H,22,30)(H,23,28)(H,24,29)(H,26,27)(H,31,32).